The molecule has 0 saturated carbocycles. The average molecular weight is 1090 g/mol. The zero-order chi connectivity index (χ0) is 56.4. The standard InChI is InChI=1S/C54H80N12O12/c1-5-33(4)45(53(76)65-25-11-18-41(65)52(75)66-26-12-19-42(66)54(77)78)60-48(71)38-15-8-23-63(38)50(73)39-16-9-21-61(39)44(68)31-58-47(70)37-14-7-22-62(37)51(74)40-17-10-24-64(40)49(72)36(27-32(2)3)59-43(67)30-57-46(69)35(55)28-34-13-6-20-56-29-34/h6,13,20,29,32-33,35-42,45H,5,7-12,14-19,21-28,30-31,55H2,1-4H3,(H,57,69)(H,58,70)(H,59,67)(H,60,71)(H,77,78)/t33-,35-,36-,37-,38-,39-,40-,41-,42-,45-/m0/s1. The van der Waals surface area contributed by atoms with Gasteiger partial charge in [0.25, 0.3) is 0 Å². The van der Waals surface area contributed by atoms with Crippen LogP contribution in [0.3, 0.4) is 0 Å². The van der Waals surface area contributed by atoms with Crippen LogP contribution in [0.15, 0.2) is 24.5 Å². The molecular formula is C54H80N12O12. The van der Waals surface area contributed by atoms with Crippen molar-refractivity contribution in [3.8, 4) is 0 Å². The van der Waals surface area contributed by atoms with Crippen molar-refractivity contribution < 1.29 is 57.8 Å². The topological polar surface area (TPSA) is 314 Å². The molecule has 1 aromatic heterocycles. The number of pyridine rings is 1. The molecule has 10 amide bonds. The minimum absolute atomic E-state index is 0.0227. The van der Waals surface area contributed by atoms with Crippen molar-refractivity contribution in [2.75, 3.05) is 52.4 Å². The molecule has 10 atom stereocenters. The van der Waals surface area contributed by atoms with Gasteiger partial charge in [-0.2, -0.15) is 0 Å². The molecule has 428 valence electrons. The molecule has 6 aliphatic heterocycles. The number of carboxylic acid groups (broad SMARTS) is 1. The fourth-order valence-electron chi connectivity index (χ4n) is 12.2. The summed E-state index contributed by atoms with van der Waals surface area (Å²) in [4.78, 5) is 163. The van der Waals surface area contributed by atoms with Crippen molar-refractivity contribution in [1.82, 2.24) is 55.7 Å². The van der Waals surface area contributed by atoms with E-state index in [1.54, 1.807) is 24.5 Å². The predicted molar refractivity (Wildman–Crippen MR) is 281 cm³/mol. The van der Waals surface area contributed by atoms with Crippen LogP contribution in [-0.4, -0.2) is 211 Å². The van der Waals surface area contributed by atoms with Gasteiger partial charge in [-0.05, 0) is 113 Å². The van der Waals surface area contributed by atoms with Gasteiger partial charge < -0.3 is 61.5 Å². The molecule has 0 spiro atoms. The number of carboxylic acids is 1. The number of hydrogen-bond donors (Lipinski definition) is 6. The van der Waals surface area contributed by atoms with E-state index in [4.69, 9.17) is 5.73 Å². The lowest BCUT2D eigenvalue weighted by Crippen LogP contribution is -2.59. The van der Waals surface area contributed by atoms with Crippen LogP contribution in [-0.2, 0) is 59.2 Å². The summed E-state index contributed by atoms with van der Waals surface area (Å²) in [7, 11) is 0. The number of nitrogens with zero attached hydrogens (tertiary/aromatic N) is 7. The van der Waals surface area contributed by atoms with E-state index in [1.807, 2.05) is 27.7 Å². The van der Waals surface area contributed by atoms with E-state index in [2.05, 4.69) is 26.3 Å². The molecule has 0 aromatic carbocycles. The quantitative estimate of drug-likeness (QED) is 0.0886. The average Bonchev–Trinajstić information content (AvgIpc) is 4.32. The van der Waals surface area contributed by atoms with Crippen molar-refractivity contribution in [2.45, 2.75) is 178 Å². The molecule has 78 heavy (non-hydrogen) atoms. The number of carbonyl (C=O) groups excluding carboxylic acids is 10. The van der Waals surface area contributed by atoms with Gasteiger partial charge in [-0.3, -0.25) is 52.9 Å². The number of hydrogen-bond acceptors (Lipinski definition) is 13. The minimum Gasteiger partial charge on any atom is -0.480 e. The van der Waals surface area contributed by atoms with E-state index >= 15 is 0 Å². The number of carbonyl (C=O) groups is 11. The highest BCUT2D eigenvalue weighted by atomic mass is 16.4. The summed E-state index contributed by atoms with van der Waals surface area (Å²) in [5.41, 5.74) is 6.82. The Kier molecular flexibility index (Phi) is 20.2. The molecule has 0 unspecified atom stereocenters. The molecule has 7 heterocycles. The number of aromatic nitrogens is 1. The Morgan fingerprint density at radius 2 is 1.10 bits per heavy atom. The summed E-state index contributed by atoms with van der Waals surface area (Å²) >= 11 is 0. The van der Waals surface area contributed by atoms with Crippen LogP contribution in [0.1, 0.15) is 123 Å². The van der Waals surface area contributed by atoms with E-state index in [-0.39, 0.29) is 57.4 Å². The van der Waals surface area contributed by atoms with E-state index in [9.17, 15) is 57.8 Å². The van der Waals surface area contributed by atoms with E-state index in [0.29, 0.717) is 90.0 Å². The van der Waals surface area contributed by atoms with Crippen molar-refractivity contribution >= 4 is 65.0 Å². The Labute approximate surface area is 455 Å². The monoisotopic (exact) mass is 1090 g/mol. The molecule has 0 bridgehead atoms. The number of nitrogens with two attached hydrogens (primary N) is 1. The molecule has 6 fully saturated rings. The Morgan fingerprint density at radius 1 is 0.615 bits per heavy atom. The third-order valence-corrected chi connectivity index (χ3v) is 16.5. The molecule has 0 radical (unpaired) electrons. The van der Waals surface area contributed by atoms with Crippen LogP contribution in [0.2, 0.25) is 0 Å². The highest BCUT2D eigenvalue weighted by Gasteiger charge is 2.48. The second-order valence-electron chi connectivity index (χ2n) is 22.3. The van der Waals surface area contributed by atoms with Crippen LogP contribution in [0.25, 0.3) is 0 Å². The second-order valence-corrected chi connectivity index (χ2v) is 22.3. The fourth-order valence-corrected chi connectivity index (χ4v) is 12.2. The number of likely N-dealkylation sites (tertiary alicyclic amines) is 6. The molecule has 0 aliphatic carbocycles. The van der Waals surface area contributed by atoms with Gasteiger partial charge in [0.1, 0.15) is 48.3 Å². The largest absolute Gasteiger partial charge is 0.480 e. The van der Waals surface area contributed by atoms with Gasteiger partial charge in [-0.25, -0.2) is 4.79 Å². The molecule has 24 heteroatoms. The van der Waals surface area contributed by atoms with Gasteiger partial charge in [0.15, 0.2) is 0 Å². The summed E-state index contributed by atoms with van der Waals surface area (Å²) < 4.78 is 0. The normalized spacial score (nSPS) is 24.7. The van der Waals surface area contributed by atoms with Gasteiger partial charge in [-0.15, -0.1) is 0 Å². The lowest BCUT2D eigenvalue weighted by Gasteiger charge is -2.35. The molecule has 6 saturated heterocycles. The summed E-state index contributed by atoms with van der Waals surface area (Å²) in [6.45, 7) is 8.23. The van der Waals surface area contributed by atoms with Crippen molar-refractivity contribution in [2.24, 2.45) is 17.6 Å². The maximum Gasteiger partial charge on any atom is 0.326 e. The third-order valence-electron chi connectivity index (χ3n) is 16.5. The van der Waals surface area contributed by atoms with E-state index < -0.39 is 133 Å². The number of rotatable bonds is 21. The van der Waals surface area contributed by atoms with Gasteiger partial charge >= 0.3 is 5.97 Å². The zero-order valence-electron chi connectivity index (χ0n) is 45.6. The van der Waals surface area contributed by atoms with Crippen molar-refractivity contribution in [3.05, 3.63) is 30.1 Å². The van der Waals surface area contributed by atoms with E-state index in [0.717, 1.165) is 5.56 Å². The summed E-state index contributed by atoms with van der Waals surface area (Å²) in [5.74, 6) is -6.27. The Morgan fingerprint density at radius 3 is 1.63 bits per heavy atom. The van der Waals surface area contributed by atoms with Gasteiger partial charge in [-0.1, -0.05) is 40.2 Å². The molecule has 1 aromatic rings. The summed E-state index contributed by atoms with van der Waals surface area (Å²) in [6.07, 6.45) is 9.40. The molecule has 7 rings (SSSR count). The smallest absolute Gasteiger partial charge is 0.326 e. The first-order chi connectivity index (χ1) is 37.3. The maximum absolute atomic E-state index is 14.3. The zero-order valence-corrected chi connectivity index (χ0v) is 45.6. The van der Waals surface area contributed by atoms with Gasteiger partial charge in [0.2, 0.25) is 59.1 Å². The molecule has 24 nitrogen and oxygen atoms in total. The summed E-state index contributed by atoms with van der Waals surface area (Å²) in [6, 6.07) is -4.83. The van der Waals surface area contributed by atoms with Crippen molar-refractivity contribution in [3.63, 3.8) is 0 Å². The van der Waals surface area contributed by atoms with Crippen LogP contribution >= 0.6 is 0 Å². The number of nitrogens with one attached hydrogen (secondary N) is 4. The van der Waals surface area contributed by atoms with E-state index in [1.165, 1.54) is 29.4 Å². The van der Waals surface area contributed by atoms with Crippen molar-refractivity contribution in [1.29, 1.82) is 0 Å². The van der Waals surface area contributed by atoms with Crippen LogP contribution in [0.4, 0.5) is 0 Å². The molecular weight excluding hydrogens is 1010 g/mol. The Balaban J connectivity index is 0.914. The highest BCUT2D eigenvalue weighted by molar-refractivity contribution is 5.99. The second kappa shape index (κ2) is 26.8. The third kappa shape index (κ3) is 13.7. The van der Waals surface area contributed by atoms with Gasteiger partial charge in [0, 0.05) is 51.7 Å². The lowest BCUT2D eigenvalue weighted by atomic mass is 9.96. The minimum atomic E-state index is -1.08. The fraction of sp³-hybridized carbons (Fsp3) is 0.704. The summed E-state index contributed by atoms with van der Waals surface area (Å²) in [5, 5.41) is 20.7. The maximum atomic E-state index is 14.3. The lowest BCUT2D eigenvalue weighted by molar-refractivity contribution is -0.152. The first-order valence-corrected chi connectivity index (χ1v) is 28.1. The highest BCUT2D eigenvalue weighted by Crippen LogP contribution is 2.30. The molecule has 7 N–H and O–H groups in total. The van der Waals surface area contributed by atoms with Crippen LogP contribution < -0.4 is 27.0 Å². The van der Waals surface area contributed by atoms with Crippen LogP contribution in [0.5, 0.6) is 0 Å². The van der Waals surface area contributed by atoms with Gasteiger partial charge in [0.05, 0.1) is 19.1 Å². The Bertz CT molecular complexity index is 2410. The number of aliphatic carboxylic acids is 1. The first-order valence-electron chi connectivity index (χ1n) is 28.1. The number of amides is 10. The molecule has 6 aliphatic rings. The van der Waals surface area contributed by atoms with Crippen LogP contribution in [0, 0.1) is 11.8 Å². The SMILES string of the molecule is CC[C@H](C)[C@H](NC(=O)[C@@H]1CCCN1C(=O)[C@@H]1CCCN1C(=O)CNC(=O)[C@@H]1CCCN1C(=O)[C@@H]1CCCN1C(=O)[C@H](CC(C)C)NC(=O)CNC(=O)[C@@H](N)Cc1cccnc1)C(=O)N1CCC[C@H]1C(=O)N1CCC[C@H]1C(=O)O. The first kappa shape index (κ1) is 59.0. The Hall–Kier alpha value is -6.72. The predicted octanol–water partition coefficient (Wildman–Crippen LogP) is -0.724.